The van der Waals surface area contributed by atoms with Crippen LogP contribution in [0, 0.1) is 0 Å². The Morgan fingerprint density at radius 2 is 2.33 bits per heavy atom. The summed E-state index contributed by atoms with van der Waals surface area (Å²) in [4.78, 5) is 15.0. The van der Waals surface area contributed by atoms with Crippen molar-refractivity contribution < 1.29 is 14.6 Å². The van der Waals surface area contributed by atoms with Crippen LogP contribution < -0.4 is 10.1 Å². The van der Waals surface area contributed by atoms with E-state index in [0.717, 1.165) is 12.8 Å². The zero-order valence-corrected chi connectivity index (χ0v) is 8.36. The number of pyridine rings is 1. The third-order valence-corrected chi connectivity index (χ3v) is 2.21. The van der Waals surface area contributed by atoms with Crippen molar-refractivity contribution >= 4 is 11.7 Å². The van der Waals surface area contributed by atoms with Crippen molar-refractivity contribution in [1.82, 2.24) is 4.98 Å². The minimum atomic E-state index is -1.00. The second kappa shape index (κ2) is 3.76. The fourth-order valence-electron chi connectivity index (χ4n) is 1.31. The summed E-state index contributed by atoms with van der Waals surface area (Å²) in [5, 5.41) is 11.9. The van der Waals surface area contributed by atoms with E-state index in [9.17, 15) is 4.79 Å². The molecule has 1 aliphatic rings. The number of carboxylic acids is 1. The molecule has 1 aromatic rings. The van der Waals surface area contributed by atoms with E-state index in [1.54, 1.807) is 7.05 Å². The number of aromatic nitrogens is 1. The van der Waals surface area contributed by atoms with Crippen molar-refractivity contribution in [1.29, 1.82) is 0 Å². The lowest BCUT2D eigenvalue weighted by Gasteiger charge is -2.10. The highest BCUT2D eigenvalue weighted by molar-refractivity contribution is 5.97. The van der Waals surface area contributed by atoms with Crippen molar-refractivity contribution in [2.45, 2.75) is 18.9 Å². The summed E-state index contributed by atoms with van der Waals surface area (Å²) in [6.45, 7) is 0. The molecular weight excluding hydrogens is 196 g/mol. The Morgan fingerprint density at radius 3 is 2.87 bits per heavy atom. The Morgan fingerprint density at radius 1 is 1.60 bits per heavy atom. The minimum absolute atomic E-state index is 0.152. The standard InChI is InChI=1S/C10H12N2O3/c1-11-7-4-12-5-8(9(7)10(13)14)15-6-2-3-6/h4-6,11H,2-3H2,1H3,(H,13,14). The molecule has 0 bridgehead atoms. The average molecular weight is 208 g/mol. The number of ether oxygens (including phenoxy) is 1. The molecule has 1 saturated carbocycles. The molecule has 5 nitrogen and oxygen atoms in total. The first-order chi connectivity index (χ1) is 7.22. The zero-order valence-electron chi connectivity index (χ0n) is 8.36. The molecule has 1 aliphatic carbocycles. The van der Waals surface area contributed by atoms with E-state index in [-0.39, 0.29) is 11.7 Å². The van der Waals surface area contributed by atoms with E-state index in [2.05, 4.69) is 10.3 Å². The lowest BCUT2D eigenvalue weighted by Crippen LogP contribution is -2.08. The Kier molecular flexibility index (Phi) is 2.45. The fourth-order valence-corrected chi connectivity index (χ4v) is 1.31. The molecule has 0 spiro atoms. The highest BCUT2D eigenvalue weighted by Crippen LogP contribution is 2.31. The lowest BCUT2D eigenvalue weighted by atomic mass is 10.2. The van der Waals surface area contributed by atoms with Crippen LogP contribution >= 0.6 is 0 Å². The van der Waals surface area contributed by atoms with Crippen molar-refractivity contribution in [3.8, 4) is 5.75 Å². The van der Waals surface area contributed by atoms with E-state index < -0.39 is 5.97 Å². The molecule has 80 valence electrons. The van der Waals surface area contributed by atoms with E-state index in [0.29, 0.717) is 11.4 Å². The summed E-state index contributed by atoms with van der Waals surface area (Å²) in [5.74, 6) is -0.658. The van der Waals surface area contributed by atoms with Crippen molar-refractivity contribution in [3.63, 3.8) is 0 Å². The summed E-state index contributed by atoms with van der Waals surface area (Å²) in [7, 11) is 1.66. The number of carbonyl (C=O) groups is 1. The quantitative estimate of drug-likeness (QED) is 0.781. The van der Waals surface area contributed by atoms with E-state index >= 15 is 0 Å². The molecule has 2 rings (SSSR count). The minimum Gasteiger partial charge on any atom is -0.488 e. The number of aromatic carboxylic acids is 1. The number of rotatable bonds is 4. The van der Waals surface area contributed by atoms with Crippen LogP contribution in [0.2, 0.25) is 0 Å². The van der Waals surface area contributed by atoms with Crippen LogP contribution in [0.5, 0.6) is 5.75 Å². The van der Waals surface area contributed by atoms with Gasteiger partial charge < -0.3 is 15.2 Å². The zero-order chi connectivity index (χ0) is 10.8. The van der Waals surface area contributed by atoms with Crippen LogP contribution in [0.25, 0.3) is 0 Å². The maximum absolute atomic E-state index is 11.1. The molecule has 0 amide bonds. The van der Waals surface area contributed by atoms with E-state index in [4.69, 9.17) is 9.84 Å². The molecule has 0 atom stereocenters. The second-order valence-electron chi connectivity index (χ2n) is 3.43. The number of anilines is 1. The SMILES string of the molecule is CNc1cncc(OC2CC2)c1C(=O)O. The third kappa shape index (κ3) is 2.01. The van der Waals surface area contributed by atoms with E-state index in [1.165, 1.54) is 12.4 Å². The summed E-state index contributed by atoms with van der Waals surface area (Å²) in [6, 6.07) is 0. The van der Waals surface area contributed by atoms with Crippen LogP contribution in [0.15, 0.2) is 12.4 Å². The second-order valence-corrected chi connectivity index (χ2v) is 3.43. The number of nitrogens with zero attached hydrogens (tertiary/aromatic N) is 1. The highest BCUT2D eigenvalue weighted by atomic mass is 16.5. The van der Waals surface area contributed by atoms with Gasteiger partial charge >= 0.3 is 5.97 Å². The fraction of sp³-hybridized carbons (Fsp3) is 0.400. The van der Waals surface area contributed by atoms with Gasteiger partial charge in [-0.25, -0.2) is 4.79 Å². The van der Waals surface area contributed by atoms with Crippen LogP contribution in [-0.2, 0) is 0 Å². The van der Waals surface area contributed by atoms with Gasteiger partial charge in [0.25, 0.3) is 0 Å². The van der Waals surface area contributed by atoms with Gasteiger partial charge in [0.15, 0.2) is 5.75 Å². The van der Waals surface area contributed by atoms with Gasteiger partial charge in [-0.3, -0.25) is 4.98 Å². The maximum Gasteiger partial charge on any atom is 0.341 e. The molecule has 0 saturated heterocycles. The predicted octanol–water partition coefficient (Wildman–Crippen LogP) is 1.36. The first-order valence-electron chi connectivity index (χ1n) is 4.78. The Labute approximate surface area is 87.1 Å². The third-order valence-electron chi connectivity index (χ3n) is 2.21. The van der Waals surface area contributed by atoms with Gasteiger partial charge in [0.05, 0.1) is 24.2 Å². The van der Waals surface area contributed by atoms with Crippen LogP contribution in [-0.4, -0.2) is 29.2 Å². The molecule has 0 unspecified atom stereocenters. The van der Waals surface area contributed by atoms with Crippen LogP contribution in [0.3, 0.4) is 0 Å². The molecule has 0 aromatic carbocycles. The molecule has 0 aliphatic heterocycles. The van der Waals surface area contributed by atoms with Crippen molar-refractivity contribution in [2.24, 2.45) is 0 Å². The largest absolute Gasteiger partial charge is 0.488 e. The number of nitrogens with one attached hydrogen (secondary N) is 1. The van der Waals surface area contributed by atoms with E-state index in [1.807, 2.05) is 0 Å². The molecule has 1 fully saturated rings. The summed E-state index contributed by atoms with van der Waals surface area (Å²) in [5.41, 5.74) is 0.625. The van der Waals surface area contributed by atoms with Gasteiger partial charge in [0.1, 0.15) is 5.56 Å². The van der Waals surface area contributed by atoms with Gasteiger partial charge in [0, 0.05) is 7.05 Å². The molecule has 1 heterocycles. The summed E-state index contributed by atoms with van der Waals surface area (Å²) < 4.78 is 5.48. The van der Waals surface area contributed by atoms with Crippen LogP contribution in [0.1, 0.15) is 23.2 Å². The van der Waals surface area contributed by atoms with Gasteiger partial charge in [-0.05, 0) is 12.8 Å². The van der Waals surface area contributed by atoms with Crippen molar-refractivity contribution in [2.75, 3.05) is 12.4 Å². The number of hydrogen-bond donors (Lipinski definition) is 2. The highest BCUT2D eigenvalue weighted by Gasteiger charge is 2.27. The van der Waals surface area contributed by atoms with Crippen LogP contribution in [0.4, 0.5) is 5.69 Å². The number of carboxylic acid groups (broad SMARTS) is 1. The summed E-state index contributed by atoms with van der Waals surface area (Å²) >= 11 is 0. The molecule has 15 heavy (non-hydrogen) atoms. The molecule has 0 radical (unpaired) electrons. The molecule has 1 aromatic heterocycles. The average Bonchev–Trinajstić information content (AvgIpc) is 3.01. The maximum atomic E-state index is 11.1. The molecular formula is C10H12N2O3. The van der Waals surface area contributed by atoms with Gasteiger partial charge in [0.2, 0.25) is 0 Å². The Balaban J connectivity index is 2.37. The first kappa shape index (κ1) is 9.76. The Bertz CT molecular complexity index is 388. The molecule has 5 heteroatoms. The Hall–Kier alpha value is -1.78. The first-order valence-corrected chi connectivity index (χ1v) is 4.78. The lowest BCUT2D eigenvalue weighted by molar-refractivity contribution is 0.0693. The van der Waals surface area contributed by atoms with Gasteiger partial charge in [-0.15, -0.1) is 0 Å². The monoisotopic (exact) mass is 208 g/mol. The molecule has 2 N–H and O–H groups in total. The summed E-state index contributed by atoms with van der Waals surface area (Å²) in [6.07, 6.45) is 5.06. The smallest absolute Gasteiger partial charge is 0.341 e. The normalized spacial score (nSPS) is 14.7. The van der Waals surface area contributed by atoms with Crippen molar-refractivity contribution in [3.05, 3.63) is 18.0 Å². The number of hydrogen-bond acceptors (Lipinski definition) is 4. The topological polar surface area (TPSA) is 71.5 Å². The van der Waals surface area contributed by atoms with Gasteiger partial charge in [-0.2, -0.15) is 0 Å². The predicted molar refractivity (Wildman–Crippen MR) is 54.4 cm³/mol. The van der Waals surface area contributed by atoms with Gasteiger partial charge in [-0.1, -0.05) is 0 Å².